The predicted octanol–water partition coefficient (Wildman–Crippen LogP) is 10.8. The van der Waals surface area contributed by atoms with Crippen molar-refractivity contribution in [3.63, 3.8) is 0 Å². The lowest BCUT2D eigenvalue weighted by molar-refractivity contribution is 0.201. The van der Waals surface area contributed by atoms with Crippen LogP contribution in [-0.2, 0) is 13.1 Å². The molecule has 0 saturated carbocycles. The van der Waals surface area contributed by atoms with Crippen LogP contribution in [-0.4, -0.2) is 24.0 Å². The molecule has 1 saturated heterocycles. The maximum Gasteiger partial charge on any atom is 0.160 e. The van der Waals surface area contributed by atoms with Gasteiger partial charge in [-0.05, 0) is 145 Å². The number of nitrogens with zero attached hydrogens (tertiary/aromatic N) is 2. The van der Waals surface area contributed by atoms with Crippen molar-refractivity contribution in [1.29, 1.82) is 0 Å². The van der Waals surface area contributed by atoms with Crippen molar-refractivity contribution < 1.29 is 8.78 Å². The highest BCUT2D eigenvalue weighted by Gasteiger charge is 2.26. The maximum absolute atomic E-state index is 14.6. The van der Waals surface area contributed by atoms with Gasteiger partial charge in [-0.2, -0.15) is 0 Å². The van der Waals surface area contributed by atoms with Crippen molar-refractivity contribution in [2.75, 3.05) is 18.0 Å². The highest BCUT2D eigenvalue weighted by molar-refractivity contribution is 5.68. The zero-order valence-electron chi connectivity index (χ0n) is 28.6. The van der Waals surface area contributed by atoms with Crippen LogP contribution in [0.2, 0.25) is 0 Å². The molecule has 0 aromatic heterocycles. The smallest absolute Gasteiger partial charge is 0.160 e. The Morgan fingerprint density at radius 1 is 0.574 bits per heavy atom. The topological polar surface area (TPSA) is 6.48 Å². The molecule has 0 aliphatic carbocycles. The Morgan fingerprint density at radius 3 is 1.62 bits per heavy atom. The fourth-order valence-corrected chi connectivity index (χ4v) is 7.04. The van der Waals surface area contributed by atoms with E-state index in [-0.39, 0.29) is 6.04 Å². The van der Waals surface area contributed by atoms with Crippen LogP contribution in [0, 0.1) is 53.2 Å². The van der Waals surface area contributed by atoms with Gasteiger partial charge in [0.25, 0.3) is 0 Å². The van der Waals surface area contributed by atoms with Gasteiger partial charge < -0.3 is 4.90 Å². The number of likely N-dealkylation sites (tertiary alicyclic amines) is 1. The lowest BCUT2D eigenvalue weighted by Crippen LogP contribution is -2.44. The average Bonchev–Trinajstić information content (AvgIpc) is 3.06. The minimum absolute atomic E-state index is 0.216. The summed E-state index contributed by atoms with van der Waals surface area (Å²) in [4.78, 5) is 4.81. The number of benzene rings is 5. The van der Waals surface area contributed by atoms with E-state index in [0.29, 0.717) is 6.54 Å². The molecule has 0 spiro atoms. The zero-order valence-corrected chi connectivity index (χ0v) is 28.6. The molecule has 1 aliphatic heterocycles. The monoisotopic (exact) mass is 628 g/mol. The molecule has 0 unspecified atom stereocenters. The summed E-state index contributed by atoms with van der Waals surface area (Å²) in [5, 5.41) is 0. The summed E-state index contributed by atoms with van der Waals surface area (Å²) in [5.41, 5.74) is 16.0. The van der Waals surface area contributed by atoms with E-state index < -0.39 is 11.6 Å². The Kier molecular flexibility index (Phi) is 9.61. The molecule has 0 bridgehead atoms. The Balaban J connectivity index is 1.19. The zero-order chi connectivity index (χ0) is 33.2. The number of anilines is 1. The Labute approximate surface area is 279 Å². The van der Waals surface area contributed by atoms with Crippen molar-refractivity contribution in [1.82, 2.24) is 4.90 Å². The first-order valence-corrected chi connectivity index (χ1v) is 16.8. The molecule has 0 N–H and O–H groups in total. The molecule has 4 heteroatoms. The molecular weight excluding hydrogens is 582 g/mol. The molecule has 6 rings (SSSR count). The first-order chi connectivity index (χ1) is 22.5. The predicted molar refractivity (Wildman–Crippen MR) is 193 cm³/mol. The largest absolute Gasteiger partial charge is 0.364 e. The van der Waals surface area contributed by atoms with E-state index >= 15 is 0 Å². The Morgan fingerprint density at radius 2 is 1.09 bits per heavy atom. The number of piperidine rings is 1. The van der Waals surface area contributed by atoms with Gasteiger partial charge in [-0.3, -0.25) is 4.90 Å². The van der Waals surface area contributed by atoms with Crippen LogP contribution >= 0.6 is 0 Å². The van der Waals surface area contributed by atoms with Crippen LogP contribution in [0.15, 0.2) is 91.0 Å². The molecule has 0 amide bonds. The third-order valence-corrected chi connectivity index (χ3v) is 10.4. The molecule has 2 nitrogen and oxygen atoms in total. The van der Waals surface area contributed by atoms with E-state index in [1.165, 1.54) is 73.3 Å². The lowest BCUT2D eigenvalue weighted by Gasteiger charge is -2.40. The second-order valence-corrected chi connectivity index (χ2v) is 13.6. The highest BCUT2D eigenvalue weighted by Crippen LogP contribution is 2.31. The van der Waals surface area contributed by atoms with Crippen molar-refractivity contribution in [2.45, 2.75) is 73.5 Å². The second kappa shape index (κ2) is 13.8. The molecular formula is C43H46F2N2. The van der Waals surface area contributed by atoms with Gasteiger partial charge in [0.1, 0.15) is 0 Å². The first kappa shape index (κ1) is 32.7. The van der Waals surface area contributed by atoms with Gasteiger partial charge in [0.15, 0.2) is 11.6 Å². The average molecular weight is 629 g/mol. The van der Waals surface area contributed by atoms with Gasteiger partial charge in [0.05, 0.1) is 0 Å². The summed E-state index contributed by atoms with van der Waals surface area (Å²) in [6.45, 7) is 16.5. The van der Waals surface area contributed by atoms with Gasteiger partial charge in [0, 0.05) is 44.0 Å². The van der Waals surface area contributed by atoms with Crippen LogP contribution in [0.4, 0.5) is 14.5 Å². The summed E-state index contributed by atoms with van der Waals surface area (Å²) in [7, 11) is 0. The van der Waals surface area contributed by atoms with Crippen LogP contribution in [0.3, 0.4) is 0 Å². The summed E-state index contributed by atoms with van der Waals surface area (Å²) < 4.78 is 28.6. The van der Waals surface area contributed by atoms with Crippen molar-refractivity contribution in [2.24, 2.45) is 0 Å². The van der Waals surface area contributed by atoms with Crippen LogP contribution < -0.4 is 4.90 Å². The summed E-state index contributed by atoms with van der Waals surface area (Å²) in [6, 6.07) is 31.2. The lowest BCUT2D eigenvalue weighted by atomic mass is 9.95. The van der Waals surface area contributed by atoms with E-state index in [1.807, 2.05) is 0 Å². The standard InChI is InChI=1S/C43H46F2N2/c1-28-19-38(20-29(2)32(28)5)36-11-7-9-34(23-36)26-46-17-15-40(16-18-46)47(41-13-14-42(44)43(45)25-41)27-35-10-8-12-37(24-35)39-21-30(3)33(6)31(4)22-39/h7-14,19-25,40H,15-18,26-27H2,1-6H3. The highest BCUT2D eigenvalue weighted by atomic mass is 19.2. The third kappa shape index (κ3) is 7.34. The summed E-state index contributed by atoms with van der Waals surface area (Å²) in [6.07, 6.45) is 1.90. The molecule has 1 fully saturated rings. The fraction of sp³-hybridized carbons (Fsp3) is 0.302. The first-order valence-electron chi connectivity index (χ1n) is 16.8. The minimum atomic E-state index is -0.811. The van der Waals surface area contributed by atoms with Crippen LogP contribution in [0.25, 0.3) is 22.3 Å². The van der Waals surface area contributed by atoms with Crippen molar-refractivity contribution >= 4 is 5.69 Å². The van der Waals surface area contributed by atoms with Gasteiger partial charge >= 0.3 is 0 Å². The van der Waals surface area contributed by atoms with Crippen molar-refractivity contribution in [3.05, 3.63) is 147 Å². The molecule has 5 aromatic rings. The Bertz CT molecular complexity index is 1850. The number of rotatable bonds is 8. The second-order valence-electron chi connectivity index (χ2n) is 13.6. The quantitative estimate of drug-likeness (QED) is 0.169. The number of hydrogen-bond donors (Lipinski definition) is 0. The third-order valence-electron chi connectivity index (χ3n) is 10.4. The number of aryl methyl sites for hydroxylation is 4. The number of hydrogen-bond acceptors (Lipinski definition) is 2. The van der Waals surface area contributed by atoms with E-state index in [2.05, 4.69) is 124 Å². The van der Waals surface area contributed by atoms with Gasteiger partial charge in [-0.25, -0.2) is 8.78 Å². The van der Waals surface area contributed by atoms with E-state index in [4.69, 9.17) is 0 Å². The van der Waals surface area contributed by atoms with Gasteiger partial charge in [0.2, 0.25) is 0 Å². The molecule has 5 aromatic carbocycles. The molecule has 47 heavy (non-hydrogen) atoms. The molecule has 1 aliphatic rings. The van der Waals surface area contributed by atoms with E-state index in [0.717, 1.165) is 43.7 Å². The fourth-order valence-electron chi connectivity index (χ4n) is 7.04. The molecule has 0 atom stereocenters. The van der Waals surface area contributed by atoms with Gasteiger partial charge in [-0.1, -0.05) is 60.7 Å². The molecule has 1 heterocycles. The Hall–Kier alpha value is -4.28. The minimum Gasteiger partial charge on any atom is -0.364 e. The normalized spacial score (nSPS) is 14.0. The molecule has 242 valence electrons. The van der Waals surface area contributed by atoms with Gasteiger partial charge in [-0.15, -0.1) is 0 Å². The summed E-state index contributed by atoms with van der Waals surface area (Å²) >= 11 is 0. The van der Waals surface area contributed by atoms with Crippen molar-refractivity contribution in [3.8, 4) is 22.3 Å². The van der Waals surface area contributed by atoms with E-state index in [9.17, 15) is 8.78 Å². The number of halogens is 2. The SMILES string of the molecule is Cc1cc(-c2cccc(CN3CCC(N(Cc4cccc(-c5cc(C)c(C)c(C)c5)c4)c4ccc(F)c(F)c4)CC3)c2)cc(C)c1C. The maximum atomic E-state index is 14.6. The van der Waals surface area contributed by atoms with Crippen LogP contribution in [0.1, 0.15) is 57.3 Å². The van der Waals surface area contributed by atoms with E-state index in [1.54, 1.807) is 6.07 Å². The van der Waals surface area contributed by atoms with Crippen LogP contribution in [0.5, 0.6) is 0 Å². The molecule has 0 radical (unpaired) electrons. The summed E-state index contributed by atoms with van der Waals surface area (Å²) in [5.74, 6) is -1.61.